The summed E-state index contributed by atoms with van der Waals surface area (Å²) in [5.74, 6) is 0.712. The summed E-state index contributed by atoms with van der Waals surface area (Å²) < 4.78 is 16.1. The minimum Gasteiger partial charge on any atom is -0.497 e. The molecule has 0 saturated heterocycles. The maximum atomic E-state index is 12.6. The van der Waals surface area contributed by atoms with Gasteiger partial charge in [0.05, 0.1) is 19.8 Å². The molecule has 1 aromatic heterocycles. The first kappa shape index (κ1) is 20.8. The largest absolute Gasteiger partial charge is 0.497 e. The summed E-state index contributed by atoms with van der Waals surface area (Å²) in [5, 5.41) is 10.4. The van der Waals surface area contributed by atoms with Crippen LogP contribution in [0.4, 0.5) is 6.01 Å². The molecule has 8 heteroatoms. The second kappa shape index (κ2) is 9.13. The number of amides is 1. The van der Waals surface area contributed by atoms with Gasteiger partial charge in [-0.25, -0.2) is 0 Å². The van der Waals surface area contributed by atoms with Crippen LogP contribution in [0.15, 0.2) is 77.2 Å². The number of carbonyl (C=O) groups excluding carboxylic acids is 2. The van der Waals surface area contributed by atoms with Crippen LogP contribution in [0.3, 0.4) is 0 Å². The predicted molar refractivity (Wildman–Crippen MR) is 117 cm³/mol. The molecule has 4 rings (SSSR count). The van der Waals surface area contributed by atoms with E-state index in [9.17, 15) is 9.59 Å². The third-order valence-corrected chi connectivity index (χ3v) is 4.73. The van der Waals surface area contributed by atoms with Crippen LogP contribution in [0.1, 0.15) is 26.3 Å². The molecule has 0 fully saturated rings. The molecule has 0 aliphatic carbocycles. The third-order valence-electron chi connectivity index (χ3n) is 4.73. The molecule has 0 spiro atoms. The van der Waals surface area contributed by atoms with E-state index in [1.165, 1.54) is 7.11 Å². The lowest BCUT2D eigenvalue weighted by Gasteiger charge is -2.07. The molecule has 1 heterocycles. The topological polar surface area (TPSA) is 104 Å². The molecular formula is C24H19N3O5. The van der Waals surface area contributed by atoms with Crippen LogP contribution >= 0.6 is 0 Å². The number of nitrogens with zero attached hydrogens (tertiary/aromatic N) is 2. The number of benzene rings is 3. The van der Waals surface area contributed by atoms with E-state index in [-0.39, 0.29) is 17.7 Å². The molecule has 0 atom stereocenters. The first-order valence-corrected chi connectivity index (χ1v) is 9.66. The van der Waals surface area contributed by atoms with Gasteiger partial charge in [0.2, 0.25) is 0 Å². The number of ether oxygens (including phenoxy) is 2. The van der Waals surface area contributed by atoms with E-state index in [4.69, 9.17) is 13.9 Å². The van der Waals surface area contributed by atoms with Gasteiger partial charge in [0, 0.05) is 16.7 Å². The molecular weight excluding hydrogens is 410 g/mol. The summed E-state index contributed by atoms with van der Waals surface area (Å²) in [7, 11) is 3.07. The number of methoxy groups -OCH3 is 2. The van der Waals surface area contributed by atoms with Gasteiger partial charge in [-0.1, -0.05) is 47.6 Å². The van der Waals surface area contributed by atoms with Crippen LogP contribution in [0.25, 0.3) is 11.5 Å². The molecule has 8 nitrogen and oxygen atoms in total. The van der Waals surface area contributed by atoms with Gasteiger partial charge >= 0.3 is 6.01 Å². The van der Waals surface area contributed by atoms with Gasteiger partial charge in [0.15, 0.2) is 5.78 Å². The van der Waals surface area contributed by atoms with E-state index in [1.54, 1.807) is 73.8 Å². The Hall–Kier alpha value is -4.46. The second-order valence-corrected chi connectivity index (χ2v) is 6.71. The Morgan fingerprint density at radius 2 is 1.50 bits per heavy atom. The summed E-state index contributed by atoms with van der Waals surface area (Å²) in [4.78, 5) is 25.1. The molecule has 32 heavy (non-hydrogen) atoms. The second-order valence-electron chi connectivity index (χ2n) is 6.71. The van der Waals surface area contributed by atoms with Crippen molar-refractivity contribution < 1.29 is 23.5 Å². The summed E-state index contributed by atoms with van der Waals surface area (Å²) in [6.07, 6.45) is 0. The van der Waals surface area contributed by atoms with E-state index in [1.807, 2.05) is 6.07 Å². The SMILES string of the molecule is COc1ccc(OC)c(-c2nnc(NC(=O)c3ccc(C(=O)c4ccccc4)cc3)o2)c1. The molecule has 3 aromatic carbocycles. The Morgan fingerprint density at radius 3 is 2.19 bits per heavy atom. The Balaban J connectivity index is 1.48. The van der Waals surface area contributed by atoms with Crippen LogP contribution in [0, 0.1) is 0 Å². The van der Waals surface area contributed by atoms with Gasteiger partial charge < -0.3 is 13.9 Å². The lowest BCUT2D eigenvalue weighted by molar-refractivity contribution is 0.101. The first-order valence-electron chi connectivity index (χ1n) is 9.66. The number of ketones is 1. The average molecular weight is 429 g/mol. The summed E-state index contributed by atoms with van der Waals surface area (Å²) in [6.45, 7) is 0. The normalized spacial score (nSPS) is 10.4. The highest BCUT2D eigenvalue weighted by Gasteiger charge is 2.17. The average Bonchev–Trinajstić information content (AvgIpc) is 3.32. The standard InChI is InChI=1S/C24H19N3O5/c1-30-18-12-13-20(31-2)19(14-18)23-26-27-24(32-23)25-22(29)17-10-8-16(9-11-17)21(28)15-6-4-3-5-7-15/h3-14H,1-2H3,(H,25,27,29). The first-order chi connectivity index (χ1) is 15.6. The van der Waals surface area contributed by atoms with Crippen molar-refractivity contribution in [3.05, 3.63) is 89.5 Å². The van der Waals surface area contributed by atoms with Crippen LogP contribution < -0.4 is 14.8 Å². The highest BCUT2D eigenvalue weighted by Crippen LogP contribution is 2.33. The van der Waals surface area contributed by atoms with Crippen molar-refractivity contribution in [2.75, 3.05) is 19.5 Å². The van der Waals surface area contributed by atoms with Gasteiger partial charge in [-0.2, -0.15) is 0 Å². The maximum Gasteiger partial charge on any atom is 0.322 e. The van der Waals surface area contributed by atoms with Crippen molar-refractivity contribution in [1.29, 1.82) is 0 Å². The Morgan fingerprint density at radius 1 is 0.812 bits per heavy atom. The minimum absolute atomic E-state index is 0.0701. The van der Waals surface area contributed by atoms with Crippen LogP contribution in [0.2, 0.25) is 0 Å². The number of anilines is 1. The lowest BCUT2D eigenvalue weighted by Crippen LogP contribution is -2.12. The summed E-state index contributed by atoms with van der Waals surface area (Å²) >= 11 is 0. The number of nitrogens with one attached hydrogen (secondary N) is 1. The molecule has 4 aromatic rings. The molecule has 0 bridgehead atoms. The van der Waals surface area contributed by atoms with Gasteiger partial charge in [-0.05, 0) is 30.3 Å². The van der Waals surface area contributed by atoms with Gasteiger partial charge in [0.25, 0.3) is 11.8 Å². The molecule has 0 unspecified atom stereocenters. The van der Waals surface area contributed by atoms with Crippen LogP contribution in [0.5, 0.6) is 11.5 Å². The highest BCUT2D eigenvalue weighted by atomic mass is 16.5. The number of aromatic nitrogens is 2. The molecule has 1 amide bonds. The van der Waals surface area contributed by atoms with Crippen molar-refractivity contribution >= 4 is 17.7 Å². The quantitative estimate of drug-likeness (QED) is 0.438. The fourth-order valence-corrected chi connectivity index (χ4v) is 3.06. The number of rotatable bonds is 7. The highest BCUT2D eigenvalue weighted by molar-refractivity contribution is 6.10. The molecule has 160 valence electrons. The van der Waals surface area contributed by atoms with Crippen LogP contribution in [-0.2, 0) is 0 Å². The summed E-state index contributed by atoms with van der Waals surface area (Å²) in [6, 6.07) is 20.3. The minimum atomic E-state index is -0.448. The zero-order valence-corrected chi connectivity index (χ0v) is 17.4. The van der Waals surface area contributed by atoms with Crippen molar-refractivity contribution in [2.24, 2.45) is 0 Å². The van der Waals surface area contributed by atoms with E-state index in [0.717, 1.165) is 0 Å². The fourth-order valence-electron chi connectivity index (χ4n) is 3.06. The van der Waals surface area contributed by atoms with E-state index < -0.39 is 5.91 Å². The monoisotopic (exact) mass is 429 g/mol. The van der Waals surface area contributed by atoms with Crippen molar-refractivity contribution in [3.63, 3.8) is 0 Å². The Labute approximate surface area is 183 Å². The number of carbonyl (C=O) groups is 2. The zero-order chi connectivity index (χ0) is 22.5. The van der Waals surface area contributed by atoms with E-state index in [0.29, 0.717) is 33.8 Å². The molecule has 0 radical (unpaired) electrons. The van der Waals surface area contributed by atoms with Crippen molar-refractivity contribution in [1.82, 2.24) is 10.2 Å². The Bertz CT molecular complexity index is 1250. The summed E-state index contributed by atoms with van der Waals surface area (Å²) in [5.41, 5.74) is 1.94. The van der Waals surface area contributed by atoms with Gasteiger partial charge in [-0.15, -0.1) is 5.10 Å². The smallest absolute Gasteiger partial charge is 0.322 e. The van der Waals surface area contributed by atoms with Gasteiger partial charge in [-0.3, -0.25) is 14.9 Å². The number of hydrogen-bond donors (Lipinski definition) is 1. The fraction of sp³-hybridized carbons (Fsp3) is 0.0833. The molecule has 1 N–H and O–H groups in total. The van der Waals surface area contributed by atoms with E-state index >= 15 is 0 Å². The van der Waals surface area contributed by atoms with Gasteiger partial charge in [0.1, 0.15) is 11.5 Å². The Kier molecular flexibility index (Phi) is 5.94. The van der Waals surface area contributed by atoms with Crippen molar-refractivity contribution in [3.8, 4) is 23.0 Å². The van der Waals surface area contributed by atoms with Crippen molar-refractivity contribution in [2.45, 2.75) is 0 Å². The number of hydrogen-bond acceptors (Lipinski definition) is 7. The predicted octanol–water partition coefficient (Wildman–Crippen LogP) is 4.24. The van der Waals surface area contributed by atoms with Crippen LogP contribution in [-0.4, -0.2) is 36.1 Å². The van der Waals surface area contributed by atoms with E-state index in [2.05, 4.69) is 15.5 Å². The molecule has 0 aliphatic heterocycles. The maximum absolute atomic E-state index is 12.6. The lowest BCUT2D eigenvalue weighted by atomic mass is 10.0. The molecule has 0 aliphatic rings. The zero-order valence-electron chi connectivity index (χ0n) is 17.4. The third kappa shape index (κ3) is 4.34. The molecule has 0 saturated carbocycles.